The van der Waals surface area contributed by atoms with E-state index in [9.17, 15) is 8.42 Å². The molecule has 0 aliphatic carbocycles. The zero-order chi connectivity index (χ0) is 14.4. The van der Waals surface area contributed by atoms with Crippen molar-refractivity contribution in [3.05, 3.63) is 60.2 Å². The lowest BCUT2D eigenvalue weighted by Crippen LogP contribution is -2.14. The van der Waals surface area contributed by atoms with Gasteiger partial charge in [0.2, 0.25) is 0 Å². The SMILES string of the molecule is N#Cc1ccc(S(=O)(=O)CCOc2ccccc2)cc1. The molecule has 0 radical (unpaired) electrons. The molecule has 0 N–H and O–H groups in total. The number of nitrogens with zero attached hydrogens (tertiary/aromatic N) is 1. The standard InChI is InChI=1S/C15H13NO3S/c16-12-13-6-8-15(9-7-13)20(17,18)11-10-19-14-4-2-1-3-5-14/h1-9H,10-11H2. The molecule has 0 bridgehead atoms. The van der Waals surface area contributed by atoms with Crippen LogP contribution in [-0.4, -0.2) is 20.8 Å². The van der Waals surface area contributed by atoms with Crippen LogP contribution in [0, 0.1) is 11.3 Å². The second-order valence-electron chi connectivity index (χ2n) is 4.12. The summed E-state index contributed by atoms with van der Waals surface area (Å²) in [5.74, 6) is 0.538. The summed E-state index contributed by atoms with van der Waals surface area (Å²) in [4.78, 5) is 0.202. The third-order valence-corrected chi connectivity index (χ3v) is 4.40. The molecule has 0 amide bonds. The van der Waals surface area contributed by atoms with Crippen molar-refractivity contribution in [3.63, 3.8) is 0 Å². The van der Waals surface area contributed by atoms with Crippen molar-refractivity contribution in [2.75, 3.05) is 12.4 Å². The highest BCUT2D eigenvalue weighted by molar-refractivity contribution is 7.91. The normalized spacial score (nSPS) is 10.8. The number of nitriles is 1. The topological polar surface area (TPSA) is 67.2 Å². The van der Waals surface area contributed by atoms with E-state index in [4.69, 9.17) is 10.00 Å². The van der Waals surface area contributed by atoms with Gasteiger partial charge in [-0.05, 0) is 36.4 Å². The Labute approximate surface area is 118 Å². The maximum absolute atomic E-state index is 12.1. The predicted octanol–water partition coefficient (Wildman–Crippen LogP) is 2.41. The molecule has 0 saturated carbocycles. The van der Waals surface area contributed by atoms with Crippen LogP contribution in [-0.2, 0) is 9.84 Å². The molecular formula is C15H13NO3S. The number of para-hydroxylation sites is 1. The third-order valence-electron chi connectivity index (χ3n) is 2.71. The Morgan fingerprint density at radius 2 is 1.65 bits per heavy atom. The molecular weight excluding hydrogens is 274 g/mol. The van der Waals surface area contributed by atoms with Gasteiger partial charge < -0.3 is 4.74 Å². The van der Waals surface area contributed by atoms with E-state index in [0.717, 1.165) is 0 Å². The van der Waals surface area contributed by atoms with Crippen molar-refractivity contribution in [1.82, 2.24) is 0 Å². The van der Waals surface area contributed by atoms with E-state index < -0.39 is 9.84 Å². The summed E-state index contributed by atoms with van der Waals surface area (Å²) in [5, 5.41) is 8.68. The summed E-state index contributed by atoms with van der Waals surface area (Å²) >= 11 is 0. The fourth-order valence-electron chi connectivity index (χ4n) is 1.64. The second kappa shape index (κ2) is 6.22. The van der Waals surface area contributed by atoms with Gasteiger partial charge in [0.15, 0.2) is 9.84 Å². The van der Waals surface area contributed by atoms with Crippen molar-refractivity contribution < 1.29 is 13.2 Å². The Hall–Kier alpha value is -2.32. The molecule has 0 heterocycles. The van der Waals surface area contributed by atoms with E-state index in [2.05, 4.69) is 0 Å². The van der Waals surface area contributed by atoms with Crippen LogP contribution in [0.25, 0.3) is 0 Å². The van der Waals surface area contributed by atoms with Gasteiger partial charge in [0, 0.05) is 0 Å². The monoisotopic (exact) mass is 287 g/mol. The van der Waals surface area contributed by atoms with Crippen LogP contribution in [0.4, 0.5) is 0 Å². The Morgan fingerprint density at radius 3 is 2.25 bits per heavy atom. The van der Waals surface area contributed by atoms with Crippen molar-refractivity contribution >= 4 is 9.84 Å². The molecule has 0 spiro atoms. The number of sulfone groups is 1. The molecule has 0 aliphatic rings. The molecule has 2 rings (SSSR count). The van der Waals surface area contributed by atoms with Gasteiger partial charge in [-0.15, -0.1) is 0 Å². The number of hydrogen-bond acceptors (Lipinski definition) is 4. The Kier molecular flexibility index (Phi) is 4.38. The predicted molar refractivity (Wildman–Crippen MR) is 75.1 cm³/mol. The van der Waals surface area contributed by atoms with Gasteiger partial charge in [-0.2, -0.15) is 5.26 Å². The van der Waals surface area contributed by atoms with Crippen LogP contribution in [0.15, 0.2) is 59.5 Å². The summed E-state index contributed by atoms with van der Waals surface area (Å²) in [6.45, 7) is 0.0896. The minimum Gasteiger partial charge on any atom is -0.493 e. The number of hydrogen-bond donors (Lipinski definition) is 0. The highest BCUT2D eigenvalue weighted by Gasteiger charge is 2.14. The highest BCUT2D eigenvalue weighted by Crippen LogP contribution is 2.13. The van der Waals surface area contributed by atoms with E-state index in [0.29, 0.717) is 11.3 Å². The maximum Gasteiger partial charge on any atom is 0.181 e. The zero-order valence-corrected chi connectivity index (χ0v) is 11.5. The lowest BCUT2D eigenvalue weighted by molar-refractivity contribution is 0.341. The van der Waals surface area contributed by atoms with Crippen LogP contribution in [0.2, 0.25) is 0 Å². The van der Waals surface area contributed by atoms with Crippen LogP contribution in [0.5, 0.6) is 5.75 Å². The molecule has 0 saturated heterocycles. The van der Waals surface area contributed by atoms with E-state index in [1.54, 1.807) is 12.1 Å². The Balaban J connectivity index is 1.99. The Morgan fingerprint density at radius 1 is 1.00 bits per heavy atom. The molecule has 102 valence electrons. The highest BCUT2D eigenvalue weighted by atomic mass is 32.2. The first-order valence-corrected chi connectivity index (χ1v) is 7.68. The van der Waals surface area contributed by atoms with Gasteiger partial charge in [-0.1, -0.05) is 18.2 Å². The van der Waals surface area contributed by atoms with E-state index in [-0.39, 0.29) is 17.3 Å². The van der Waals surface area contributed by atoms with Crippen molar-refractivity contribution in [2.45, 2.75) is 4.90 Å². The van der Waals surface area contributed by atoms with Gasteiger partial charge in [-0.3, -0.25) is 0 Å². The minimum absolute atomic E-state index is 0.0896. The van der Waals surface area contributed by atoms with E-state index >= 15 is 0 Å². The van der Waals surface area contributed by atoms with Crippen LogP contribution in [0.3, 0.4) is 0 Å². The van der Waals surface area contributed by atoms with Crippen molar-refractivity contribution in [1.29, 1.82) is 5.26 Å². The largest absolute Gasteiger partial charge is 0.493 e. The molecule has 0 atom stereocenters. The quantitative estimate of drug-likeness (QED) is 0.847. The Bertz CT molecular complexity index is 701. The number of ether oxygens (including phenoxy) is 1. The van der Waals surface area contributed by atoms with Crippen LogP contribution < -0.4 is 4.74 Å². The van der Waals surface area contributed by atoms with Gasteiger partial charge in [0.05, 0.1) is 22.3 Å². The first-order chi connectivity index (χ1) is 9.62. The van der Waals surface area contributed by atoms with Gasteiger partial charge in [0.1, 0.15) is 12.4 Å². The lowest BCUT2D eigenvalue weighted by Gasteiger charge is -2.07. The molecule has 0 unspecified atom stereocenters. The molecule has 0 aromatic heterocycles. The second-order valence-corrected chi connectivity index (χ2v) is 6.23. The van der Waals surface area contributed by atoms with Gasteiger partial charge in [0.25, 0.3) is 0 Å². The molecule has 5 heteroatoms. The molecule has 0 fully saturated rings. The van der Waals surface area contributed by atoms with E-state index in [1.165, 1.54) is 24.3 Å². The minimum atomic E-state index is -3.39. The van der Waals surface area contributed by atoms with Gasteiger partial charge in [-0.25, -0.2) is 8.42 Å². The van der Waals surface area contributed by atoms with Crippen molar-refractivity contribution in [2.24, 2.45) is 0 Å². The summed E-state index contributed by atoms with van der Waals surface area (Å²) in [7, 11) is -3.39. The summed E-state index contributed by atoms with van der Waals surface area (Å²) in [5.41, 5.74) is 0.435. The smallest absolute Gasteiger partial charge is 0.181 e. The lowest BCUT2D eigenvalue weighted by atomic mass is 10.2. The number of rotatable bonds is 5. The van der Waals surface area contributed by atoms with Crippen molar-refractivity contribution in [3.8, 4) is 11.8 Å². The third kappa shape index (κ3) is 3.59. The zero-order valence-electron chi connectivity index (χ0n) is 10.7. The van der Waals surface area contributed by atoms with Crippen LogP contribution in [0.1, 0.15) is 5.56 Å². The fraction of sp³-hybridized carbons (Fsp3) is 0.133. The molecule has 0 aliphatic heterocycles. The molecule has 4 nitrogen and oxygen atoms in total. The number of benzene rings is 2. The first-order valence-electron chi connectivity index (χ1n) is 6.02. The fourth-order valence-corrected chi connectivity index (χ4v) is 2.73. The van der Waals surface area contributed by atoms with Gasteiger partial charge >= 0.3 is 0 Å². The average molecular weight is 287 g/mol. The summed E-state index contributed by atoms with van der Waals surface area (Å²) in [6, 6.07) is 16.9. The molecule has 2 aromatic carbocycles. The average Bonchev–Trinajstić information content (AvgIpc) is 2.48. The maximum atomic E-state index is 12.1. The summed E-state index contributed by atoms with van der Waals surface area (Å²) < 4.78 is 29.5. The molecule has 20 heavy (non-hydrogen) atoms. The first kappa shape index (κ1) is 14.1. The van der Waals surface area contributed by atoms with Crippen LogP contribution >= 0.6 is 0 Å². The van der Waals surface area contributed by atoms with E-state index in [1.807, 2.05) is 24.3 Å². The summed E-state index contributed by atoms with van der Waals surface area (Å²) in [6.07, 6.45) is 0. The molecule has 2 aromatic rings.